The van der Waals surface area contributed by atoms with Gasteiger partial charge in [-0.15, -0.1) is 0 Å². The average Bonchev–Trinajstić information content (AvgIpc) is 2.38. The molecule has 0 saturated carbocycles. The SMILES string of the molecule is NS(=O)(=O)c1ccc(NC(=O)C2CCCCO2)cc1Cl. The van der Waals surface area contributed by atoms with E-state index in [2.05, 4.69) is 5.32 Å². The zero-order valence-corrected chi connectivity index (χ0v) is 12.2. The minimum Gasteiger partial charge on any atom is -0.368 e. The number of primary sulfonamides is 1. The monoisotopic (exact) mass is 318 g/mol. The van der Waals surface area contributed by atoms with Gasteiger partial charge in [-0.3, -0.25) is 4.79 Å². The summed E-state index contributed by atoms with van der Waals surface area (Å²) in [5.74, 6) is -0.260. The van der Waals surface area contributed by atoms with E-state index in [0.29, 0.717) is 18.7 Å². The lowest BCUT2D eigenvalue weighted by molar-refractivity contribution is -0.129. The van der Waals surface area contributed by atoms with Crippen molar-refractivity contribution in [2.75, 3.05) is 11.9 Å². The van der Waals surface area contributed by atoms with Crippen molar-refractivity contribution in [2.24, 2.45) is 5.14 Å². The number of amides is 1. The fraction of sp³-hybridized carbons (Fsp3) is 0.417. The van der Waals surface area contributed by atoms with Crippen molar-refractivity contribution in [3.8, 4) is 0 Å². The fourth-order valence-corrected chi connectivity index (χ4v) is 3.07. The summed E-state index contributed by atoms with van der Waals surface area (Å²) in [4.78, 5) is 11.8. The number of benzene rings is 1. The van der Waals surface area contributed by atoms with Gasteiger partial charge >= 0.3 is 0 Å². The van der Waals surface area contributed by atoms with E-state index in [0.717, 1.165) is 12.8 Å². The van der Waals surface area contributed by atoms with Crippen LogP contribution in [0.5, 0.6) is 0 Å². The van der Waals surface area contributed by atoms with Gasteiger partial charge in [0.25, 0.3) is 5.91 Å². The molecule has 0 spiro atoms. The van der Waals surface area contributed by atoms with Crippen molar-refractivity contribution in [3.05, 3.63) is 23.2 Å². The highest BCUT2D eigenvalue weighted by Crippen LogP contribution is 2.24. The van der Waals surface area contributed by atoms with Crippen molar-refractivity contribution < 1.29 is 17.9 Å². The molecule has 2 rings (SSSR count). The molecular weight excluding hydrogens is 304 g/mol. The van der Waals surface area contributed by atoms with Crippen LogP contribution in [0.15, 0.2) is 23.1 Å². The Morgan fingerprint density at radius 2 is 2.15 bits per heavy atom. The molecule has 1 aliphatic heterocycles. The average molecular weight is 319 g/mol. The molecule has 0 aromatic heterocycles. The molecule has 1 amide bonds. The predicted octanol–water partition coefficient (Wildman–Crippen LogP) is 1.49. The summed E-state index contributed by atoms with van der Waals surface area (Å²) >= 11 is 5.84. The second-order valence-corrected chi connectivity index (χ2v) is 6.47. The second-order valence-electron chi connectivity index (χ2n) is 4.53. The fourth-order valence-electron chi connectivity index (χ4n) is 1.98. The molecule has 1 aliphatic rings. The van der Waals surface area contributed by atoms with Gasteiger partial charge in [-0.1, -0.05) is 11.6 Å². The van der Waals surface area contributed by atoms with Gasteiger partial charge in [0.15, 0.2) is 0 Å². The maximum absolute atomic E-state index is 11.9. The van der Waals surface area contributed by atoms with E-state index >= 15 is 0 Å². The Kier molecular flexibility index (Phi) is 4.64. The van der Waals surface area contributed by atoms with E-state index in [9.17, 15) is 13.2 Å². The Balaban J connectivity index is 2.10. The Bertz CT molecular complexity index is 612. The molecule has 1 saturated heterocycles. The largest absolute Gasteiger partial charge is 0.368 e. The van der Waals surface area contributed by atoms with E-state index in [4.69, 9.17) is 21.5 Å². The molecule has 3 N–H and O–H groups in total. The van der Waals surface area contributed by atoms with Gasteiger partial charge in [-0.05, 0) is 37.5 Å². The van der Waals surface area contributed by atoms with Crippen molar-refractivity contribution in [2.45, 2.75) is 30.3 Å². The summed E-state index contributed by atoms with van der Waals surface area (Å²) in [5, 5.41) is 7.62. The highest BCUT2D eigenvalue weighted by molar-refractivity contribution is 7.89. The molecule has 1 aromatic rings. The van der Waals surface area contributed by atoms with E-state index in [1.807, 2.05) is 0 Å². The number of nitrogens with one attached hydrogen (secondary N) is 1. The molecule has 1 aromatic carbocycles. The first-order valence-electron chi connectivity index (χ1n) is 6.13. The standard InChI is InChI=1S/C12H15ClN2O4S/c13-9-7-8(4-5-11(9)20(14,17)18)15-12(16)10-3-1-2-6-19-10/h4-5,7,10H,1-3,6H2,(H,15,16)(H2,14,17,18). The number of carbonyl (C=O) groups excluding carboxylic acids is 1. The summed E-state index contributed by atoms with van der Waals surface area (Å²) < 4.78 is 27.8. The lowest BCUT2D eigenvalue weighted by Crippen LogP contribution is -2.33. The lowest BCUT2D eigenvalue weighted by atomic mass is 10.1. The Morgan fingerprint density at radius 1 is 1.40 bits per heavy atom. The third-order valence-corrected chi connectivity index (χ3v) is 4.37. The van der Waals surface area contributed by atoms with Crippen LogP contribution in [-0.4, -0.2) is 27.0 Å². The van der Waals surface area contributed by atoms with Gasteiger partial charge in [0, 0.05) is 12.3 Å². The first-order chi connectivity index (χ1) is 9.38. The summed E-state index contributed by atoms with van der Waals surface area (Å²) in [7, 11) is -3.87. The Hall–Kier alpha value is -1.15. The van der Waals surface area contributed by atoms with Crippen LogP contribution in [0.4, 0.5) is 5.69 Å². The van der Waals surface area contributed by atoms with E-state index in [1.54, 1.807) is 0 Å². The molecule has 0 bridgehead atoms. The van der Waals surface area contributed by atoms with Gasteiger partial charge in [0.05, 0.1) is 5.02 Å². The van der Waals surface area contributed by atoms with Crippen LogP contribution in [0.2, 0.25) is 5.02 Å². The van der Waals surface area contributed by atoms with Crippen molar-refractivity contribution in [1.29, 1.82) is 0 Å². The number of hydrogen-bond donors (Lipinski definition) is 2. The third-order valence-electron chi connectivity index (χ3n) is 2.98. The van der Waals surface area contributed by atoms with Crippen LogP contribution in [0.3, 0.4) is 0 Å². The van der Waals surface area contributed by atoms with Gasteiger partial charge < -0.3 is 10.1 Å². The van der Waals surface area contributed by atoms with Crippen LogP contribution < -0.4 is 10.5 Å². The molecule has 20 heavy (non-hydrogen) atoms. The molecule has 1 fully saturated rings. The third kappa shape index (κ3) is 3.69. The van der Waals surface area contributed by atoms with Gasteiger partial charge in [0.1, 0.15) is 11.0 Å². The first kappa shape index (κ1) is 15.2. The zero-order chi connectivity index (χ0) is 14.8. The van der Waals surface area contributed by atoms with E-state index in [1.165, 1.54) is 18.2 Å². The number of halogens is 1. The molecule has 0 radical (unpaired) electrons. The number of hydrogen-bond acceptors (Lipinski definition) is 4. The molecule has 6 nitrogen and oxygen atoms in total. The van der Waals surface area contributed by atoms with Crippen molar-refractivity contribution in [1.82, 2.24) is 0 Å². The molecule has 1 heterocycles. The van der Waals surface area contributed by atoms with E-state index < -0.39 is 16.1 Å². The number of nitrogens with two attached hydrogens (primary N) is 1. The summed E-state index contributed by atoms with van der Waals surface area (Å²) in [6, 6.07) is 4.05. The highest BCUT2D eigenvalue weighted by Gasteiger charge is 2.22. The van der Waals surface area contributed by atoms with Gasteiger partial charge in [-0.2, -0.15) is 0 Å². The number of carbonyl (C=O) groups is 1. The molecular formula is C12H15ClN2O4S. The maximum Gasteiger partial charge on any atom is 0.253 e. The second kappa shape index (κ2) is 6.09. The number of ether oxygens (including phenoxy) is 1. The molecule has 1 atom stereocenters. The predicted molar refractivity (Wildman–Crippen MR) is 75.0 cm³/mol. The minimum atomic E-state index is -3.87. The van der Waals surface area contributed by atoms with Gasteiger partial charge in [0.2, 0.25) is 10.0 Å². The molecule has 0 aliphatic carbocycles. The number of anilines is 1. The summed E-state index contributed by atoms with van der Waals surface area (Å²) in [5.41, 5.74) is 0.404. The number of rotatable bonds is 3. The lowest BCUT2D eigenvalue weighted by Gasteiger charge is -2.21. The zero-order valence-electron chi connectivity index (χ0n) is 10.6. The molecule has 8 heteroatoms. The summed E-state index contributed by atoms with van der Waals surface area (Å²) in [6.07, 6.45) is 2.11. The normalized spacial score (nSPS) is 19.6. The van der Waals surface area contributed by atoms with Crippen LogP contribution in [0, 0.1) is 0 Å². The minimum absolute atomic E-state index is 0.0325. The quantitative estimate of drug-likeness (QED) is 0.882. The van der Waals surface area contributed by atoms with Crippen LogP contribution >= 0.6 is 11.6 Å². The molecule has 1 unspecified atom stereocenters. The van der Waals surface area contributed by atoms with Gasteiger partial charge in [-0.25, -0.2) is 13.6 Å². The topological polar surface area (TPSA) is 98.5 Å². The van der Waals surface area contributed by atoms with Crippen LogP contribution in [0.25, 0.3) is 0 Å². The highest BCUT2D eigenvalue weighted by atomic mass is 35.5. The Labute approximate surface area is 122 Å². The van der Waals surface area contributed by atoms with Crippen molar-refractivity contribution in [3.63, 3.8) is 0 Å². The molecule has 110 valence electrons. The Morgan fingerprint density at radius 3 is 2.70 bits per heavy atom. The van der Waals surface area contributed by atoms with E-state index in [-0.39, 0.29) is 15.8 Å². The van der Waals surface area contributed by atoms with Crippen molar-refractivity contribution >= 4 is 33.2 Å². The smallest absolute Gasteiger partial charge is 0.253 e. The maximum atomic E-state index is 11.9. The summed E-state index contributed by atoms with van der Waals surface area (Å²) in [6.45, 7) is 0.573. The van der Waals surface area contributed by atoms with Crippen LogP contribution in [0.1, 0.15) is 19.3 Å². The first-order valence-corrected chi connectivity index (χ1v) is 8.05. The number of sulfonamides is 1. The van der Waals surface area contributed by atoms with Crippen LogP contribution in [-0.2, 0) is 19.6 Å².